The molecule has 1 heterocycles. The van der Waals surface area contributed by atoms with Crippen LogP contribution in [0.2, 0.25) is 0 Å². The lowest BCUT2D eigenvalue weighted by atomic mass is 9.89. The predicted molar refractivity (Wildman–Crippen MR) is 69.8 cm³/mol. The van der Waals surface area contributed by atoms with Crippen LogP contribution in [0.15, 0.2) is 0 Å². The molecule has 3 fully saturated rings. The summed E-state index contributed by atoms with van der Waals surface area (Å²) < 4.78 is 6.41. The van der Waals surface area contributed by atoms with E-state index in [1.807, 2.05) is 0 Å². The van der Waals surface area contributed by atoms with E-state index in [2.05, 4.69) is 6.92 Å². The van der Waals surface area contributed by atoms with Crippen molar-refractivity contribution in [3.63, 3.8) is 0 Å². The van der Waals surface area contributed by atoms with E-state index in [4.69, 9.17) is 10.5 Å². The summed E-state index contributed by atoms with van der Waals surface area (Å²) in [4.78, 5) is 0. The highest BCUT2D eigenvalue weighted by molar-refractivity contribution is 4.94. The van der Waals surface area contributed by atoms with Gasteiger partial charge >= 0.3 is 0 Å². The fraction of sp³-hybridized carbons (Fsp3) is 1.00. The summed E-state index contributed by atoms with van der Waals surface area (Å²) in [6.45, 7) is 2.34. The minimum absolute atomic E-state index is 0.314. The van der Waals surface area contributed by atoms with E-state index < -0.39 is 0 Å². The number of rotatable bonds is 2. The van der Waals surface area contributed by atoms with Gasteiger partial charge in [0.2, 0.25) is 0 Å². The average Bonchev–Trinajstić information content (AvgIpc) is 3.00. The van der Waals surface area contributed by atoms with E-state index in [0.29, 0.717) is 23.7 Å². The Morgan fingerprint density at radius 3 is 2.53 bits per heavy atom. The maximum Gasteiger partial charge on any atom is 0.0687 e. The SMILES string of the molecule is CC1C(N)CCC1CC1CCC2(CCCC2)O1. The van der Waals surface area contributed by atoms with Crippen LogP contribution in [0.5, 0.6) is 0 Å². The maximum absolute atomic E-state index is 6.41. The van der Waals surface area contributed by atoms with Gasteiger partial charge in [0.05, 0.1) is 11.7 Å². The number of ether oxygens (including phenoxy) is 1. The van der Waals surface area contributed by atoms with Crippen molar-refractivity contribution < 1.29 is 4.74 Å². The lowest BCUT2D eigenvalue weighted by Crippen LogP contribution is -2.28. The van der Waals surface area contributed by atoms with Gasteiger partial charge in [-0.2, -0.15) is 0 Å². The topological polar surface area (TPSA) is 35.2 Å². The molecule has 0 aromatic heterocycles. The fourth-order valence-electron chi connectivity index (χ4n) is 4.40. The summed E-state index contributed by atoms with van der Waals surface area (Å²) in [7, 11) is 0. The molecule has 0 aromatic carbocycles. The second kappa shape index (κ2) is 4.55. The van der Waals surface area contributed by atoms with Crippen LogP contribution in [0.4, 0.5) is 0 Å². The van der Waals surface area contributed by atoms with Crippen molar-refractivity contribution in [3.05, 3.63) is 0 Å². The number of hydrogen-bond acceptors (Lipinski definition) is 2. The molecular formula is C15H27NO. The van der Waals surface area contributed by atoms with Crippen molar-refractivity contribution >= 4 is 0 Å². The molecule has 3 rings (SSSR count). The third-order valence-electron chi connectivity index (χ3n) is 5.71. The molecule has 1 aliphatic heterocycles. The van der Waals surface area contributed by atoms with E-state index in [1.165, 1.54) is 57.8 Å². The first kappa shape index (κ1) is 12.0. The molecule has 2 N–H and O–H groups in total. The highest BCUT2D eigenvalue weighted by Crippen LogP contribution is 2.46. The molecule has 4 atom stereocenters. The Morgan fingerprint density at radius 1 is 1.12 bits per heavy atom. The van der Waals surface area contributed by atoms with Gasteiger partial charge in [-0.1, -0.05) is 19.8 Å². The Labute approximate surface area is 105 Å². The van der Waals surface area contributed by atoms with Gasteiger partial charge in [0.15, 0.2) is 0 Å². The first-order valence-electron chi connectivity index (χ1n) is 7.62. The van der Waals surface area contributed by atoms with Gasteiger partial charge in [-0.05, 0) is 56.8 Å². The molecule has 3 aliphatic rings. The monoisotopic (exact) mass is 237 g/mol. The van der Waals surface area contributed by atoms with E-state index in [0.717, 1.165) is 5.92 Å². The van der Waals surface area contributed by atoms with Crippen LogP contribution in [0.25, 0.3) is 0 Å². The zero-order chi connectivity index (χ0) is 11.9. The van der Waals surface area contributed by atoms with Crippen molar-refractivity contribution in [1.29, 1.82) is 0 Å². The van der Waals surface area contributed by atoms with Crippen LogP contribution in [0.3, 0.4) is 0 Å². The van der Waals surface area contributed by atoms with E-state index in [9.17, 15) is 0 Å². The second-order valence-corrected chi connectivity index (χ2v) is 6.76. The van der Waals surface area contributed by atoms with Crippen molar-refractivity contribution in [3.8, 4) is 0 Å². The lowest BCUT2D eigenvalue weighted by Gasteiger charge is -2.26. The van der Waals surface area contributed by atoms with Crippen LogP contribution in [-0.4, -0.2) is 17.7 Å². The Bertz CT molecular complexity index is 272. The average molecular weight is 237 g/mol. The molecule has 17 heavy (non-hydrogen) atoms. The van der Waals surface area contributed by atoms with Crippen molar-refractivity contribution in [2.45, 2.75) is 82.5 Å². The molecule has 1 spiro atoms. The van der Waals surface area contributed by atoms with Crippen LogP contribution < -0.4 is 5.73 Å². The molecule has 0 radical (unpaired) electrons. The van der Waals surface area contributed by atoms with E-state index in [-0.39, 0.29) is 0 Å². The maximum atomic E-state index is 6.41. The Kier molecular flexibility index (Phi) is 3.20. The van der Waals surface area contributed by atoms with Crippen molar-refractivity contribution in [1.82, 2.24) is 0 Å². The third kappa shape index (κ3) is 2.26. The zero-order valence-corrected chi connectivity index (χ0v) is 11.2. The molecule has 98 valence electrons. The largest absolute Gasteiger partial charge is 0.372 e. The molecule has 2 saturated carbocycles. The van der Waals surface area contributed by atoms with Crippen LogP contribution >= 0.6 is 0 Å². The van der Waals surface area contributed by atoms with Gasteiger partial charge in [-0.3, -0.25) is 0 Å². The Balaban J connectivity index is 1.54. The second-order valence-electron chi connectivity index (χ2n) is 6.76. The van der Waals surface area contributed by atoms with Gasteiger partial charge in [0.1, 0.15) is 0 Å². The fourth-order valence-corrected chi connectivity index (χ4v) is 4.40. The van der Waals surface area contributed by atoms with E-state index in [1.54, 1.807) is 0 Å². The molecule has 0 amide bonds. The summed E-state index contributed by atoms with van der Waals surface area (Å²) >= 11 is 0. The minimum Gasteiger partial charge on any atom is -0.372 e. The molecule has 2 nitrogen and oxygen atoms in total. The van der Waals surface area contributed by atoms with Crippen molar-refractivity contribution in [2.24, 2.45) is 17.6 Å². The first-order valence-corrected chi connectivity index (χ1v) is 7.62. The zero-order valence-electron chi connectivity index (χ0n) is 11.2. The van der Waals surface area contributed by atoms with Gasteiger partial charge in [-0.15, -0.1) is 0 Å². The third-order valence-corrected chi connectivity index (χ3v) is 5.71. The minimum atomic E-state index is 0.314. The van der Waals surface area contributed by atoms with Crippen molar-refractivity contribution in [2.75, 3.05) is 0 Å². The molecular weight excluding hydrogens is 210 g/mol. The summed E-state index contributed by atoms with van der Waals surface area (Å²) in [5.74, 6) is 1.53. The molecule has 0 aromatic rings. The lowest BCUT2D eigenvalue weighted by molar-refractivity contribution is -0.0457. The van der Waals surface area contributed by atoms with Gasteiger partial charge in [0, 0.05) is 6.04 Å². The number of hydrogen-bond donors (Lipinski definition) is 1. The Morgan fingerprint density at radius 2 is 1.88 bits per heavy atom. The first-order chi connectivity index (χ1) is 8.19. The Hall–Kier alpha value is -0.0800. The molecule has 2 heteroatoms. The molecule has 0 bridgehead atoms. The standard InChI is InChI=1S/C15H27NO/c1-11-12(4-5-14(11)16)10-13-6-9-15(17-13)7-2-3-8-15/h11-14H,2-10,16H2,1H3. The predicted octanol–water partition coefficient (Wildman–Crippen LogP) is 3.24. The van der Waals surface area contributed by atoms with Gasteiger partial charge in [-0.25, -0.2) is 0 Å². The quantitative estimate of drug-likeness (QED) is 0.800. The highest BCUT2D eigenvalue weighted by atomic mass is 16.5. The summed E-state index contributed by atoms with van der Waals surface area (Å²) in [6.07, 6.45) is 12.4. The van der Waals surface area contributed by atoms with Crippen LogP contribution in [0, 0.1) is 11.8 Å². The molecule has 2 aliphatic carbocycles. The van der Waals surface area contributed by atoms with Crippen LogP contribution in [-0.2, 0) is 4.74 Å². The van der Waals surface area contributed by atoms with Gasteiger partial charge in [0.25, 0.3) is 0 Å². The van der Waals surface area contributed by atoms with E-state index >= 15 is 0 Å². The highest BCUT2D eigenvalue weighted by Gasteiger charge is 2.43. The number of nitrogens with two attached hydrogens (primary N) is 1. The molecule has 4 unspecified atom stereocenters. The smallest absolute Gasteiger partial charge is 0.0687 e. The van der Waals surface area contributed by atoms with Crippen LogP contribution in [0.1, 0.15) is 64.7 Å². The normalized spacial score (nSPS) is 44.8. The summed E-state index contributed by atoms with van der Waals surface area (Å²) in [5, 5.41) is 0. The molecule has 1 saturated heterocycles. The summed E-state index contributed by atoms with van der Waals surface area (Å²) in [5.41, 5.74) is 6.43. The van der Waals surface area contributed by atoms with Gasteiger partial charge < -0.3 is 10.5 Å². The summed E-state index contributed by atoms with van der Waals surface area (Å²) in [6, 6.07) is 0.446.